The Bertz CT molecular complexity index is 466. The topological polar surface area (TPSA) is 80.0 Å². The molecular formula is C15H26N4OS. The predicted molar refractivity (Wildman–Crippen MR) is 87.0 cm³/mol. The quantitative estimate of drug-likeness (QED) is 0.753. The zero-order valence-corrected chi connectivity index (χ0v) is 13.8. The minimum Gasteiger partial charge on any atom is -0.375 e. The Morgan fingerprint density at radius 3 is 2.76 bits per heavy atom. The van der Waals surface area contributed by atoms with Crippen molar-refractivity contribution in [2.75, 3.05) is 12.3 Å². The lowest BCUT2D eigenvalue weighted by molar-refractivity contribution is -0.126. The van der Waals surface area contributed by atoms with Crippen LogP contribution in [0.1, 0.15) is 50.8 Å². The minimum absolute atomic E-state index is 0.0607. The molecule has 1 aromatic rings. The second-order valence-corrected chi connectivity index (χ2v) is 7.50. The molecule has 0 unspecified atom stereocenters. The Kier molecular flexibility index (Phi) is 5.58. The van der Waals surface area contributed by atoms with E-state index in [9.17, 15) is 4.79 Å². The van der Waals surface area contributed by atoms with Crippen LogP contribution in [0.15, 0.2) is 6.20 Å². The molecule has 1 aromatic heterocycles. The van der Waals surface area contributed by atoms with Crippen LogP contribution in [0.25, 0.3) is 0 Å². The number of aromatic nitrogens is 1. The highest BCUT2D eigenvalue weighted by atomic mass is 32.1. The molecule has 0 saturated heterocycles. The maximum absolute atomic E-state index is 12.3. The van der Waals surface area contributed by atoms with Crippen molar-refractivity contribution in [2.45, 2.75) is 58.0 Å². The summed E-state index contributed by atoms with van der Waals surface area (Å²) in [4.78, 5) is 17.4. The van der Waals surface area contributed by atoms with E-state index in [2.05, 4.69) is 15.6 Å². The Hall–Kier alpha value is -1.14. The van der Waals surface area contributed by atoms with E-state index in [-0.39, 0.29) is 5.91 Å². The molecule has 6 heteroatoms. The molecule has 2 rings (SSSR count). The van der Waals surface area contributed by atoms with E-state index in [1.807, 2.05) is 13.8 Å². The second-order valence-electron chi connectivity index (χ2n) is 6.36. The van der Waals surface area contributed by atoms with Crippen molar-refractivity contribution in [1.82, 2.24) is 15.6 Å². The monoisotopic (exact) mass is 310 g/mol. The first-order valence-corrected chi connectivity index (χ1v) is 8.52. The summed E-state index contributed by atoms with van der Waals surface area (Å²) in [7, 11) is 0. The summed E-state index contributed by atoms with van der Waals surface area (Å²) < 4.78 is 0. The first-order valence-electron chi connectivity index (χ1n) is 7.71. The lowest BCUT2D eigenvalue weighted by atomic mass is 9.89. The van der Waals surface area contributed by atoms with E-state index < -0.39 is 5.54 Å². The van der Waals surface area contributed by atoms with Crippen LogP contribution in [0.2, 0.25) is 0 Å². The zero-order chi connectivity index (χ0) is 15.3. The number of nitrogens with two attached hydrogens (primary N) is 1. The highest BCUT2D eigenvalue weighted by molar-refractivity contribution is 7.15. The fraction of sp³-hybridized carbons (Fsp3) is 0.733. The summed E-state index contributed by atoms with van der Waals surface area (Å²) in [6, 6.07) is 0. The summed E-state index contributed by atoms with van der Waals surface area (Å²) in [5.41, 5.74) is 5.02. The number of hydrogen-bond donors (Lipinski definition) is 3. The Morgan fingerprint density at radius 1 is 1.43 bits per heavy atom. The summed E-state index contributed by atoms with van der Waals surface area (Å²) in [6.07, 6.45) is 8.19. The molecule has 5 nitrogen and oxygen atoms in total. The third kappa shape index (κ3) is 4.97. The maximum atomic E-state index is 12.3. The van der Waals surface area contributed by atoms with E-state index in [1.165, 1.54) is 43.4 Å². The molecular weight excluding hydrogens is 284 g/mol. The molecule has 1 amide bonds. The molecule has 118 valence electrons. The van der Waals surface area contributed by atoms with Crippen molar-refractivity contribution in [1.29, 1.82) is 0 Å². The molecule has 0 aromatic carbocycles. The van der Waals surface area contributed by atoms with Crippen LogP contribution in [0.4, 0.5) is 5.13 Å². The normalized spacial score (nSPS) is 16.9. The Balaban J connectivity index is 1.76. The van der Waals surface area contributed by atoms with Crippen molar-refractivity contribution in [2.24, 2.45) is 5.92 Å². The Morgan fingerprint density at radius 2 is 2.14 bits per heavy atom. The van der Waals surface area contributed by atoms with Gasteiger partial charge in [0.15, 0.2) is 5.13 Å². The van der Waals surface area contributed by atoms with Gasteiger partial charge < -0.3 is 11.1 Å². The van der Waals surface area contributed by atoms with Crippen molar-refractivity contribution in [3.8, 4) is 0 Å². The molecule has 0 radical (unpaired) electrons. The largest absolute Gasteiger partial charge is 0.375 e. The second kappa shape index (κ2) is 7.22. The first kappa shape index (κ1) is 16.2. The summed E-state index contributed by atoms with van der Waals surface area (Å²) >= 11 is 1.45. The van der Waals surface area contributed by atoms with Crippen LogP contribution in [0, 0.1) is 5.92 Å². The van der Waals surface area contributed by atoms with Crippen LogP contribution in [0.5, 0.6) is 0 Å². The van der Waals surface area contributed by atoms with E-state index in [0.717, 1.165) is 11.4 Å². The average molecular weight is 310 g/mol. The standard InChI is InChI=1S/C15H26N4OS/c1-15(2,19-10-12-9-18-14(16)21-12)13(20)17-8-11-6-4-3-5-7-11/h9,11,19H,3-8,10H2,1-2H3,(H2,16,18)(H,17,20). The predicted octanol–water partition coefficient (Wildman–Crippen LogP) is 2.29. The van der Waals surface area contributed by atoms with Crippen molar-refractivity contribution >= 4 is 22.4 Å². The van der Waals surface area contributed by atoms with Gasteiger partial charge in [-0.3, -0.25) is 10.1 Å². The fourth-order valence-electron chi connectivity index (χ4n) is 2.64. The summed E-state index contributed by atoms with van der Waals surface area (Å²) in [5.74, 6) is 0.713. The van der Waals surface area contributed by atoms with Gasteiger partial charge in [0, 0.05) is 24.2 Å². The van der Waals surface area contributed by atoms with Crippen molar-refractivity contribution in [3.63, 3.8) is 0 Å². The van der Waals surface area contributed by atoms with Crippen LogP contribution in [-0.2, 0) is 11.3 Å². The van der Waals surface area contributed by atoms with Crippen LogP contribution < -0.4 is 16.4 Å². The van der Waals surface area contributed by atoms with E-state index in [0.29, 0.717) is 17.6 Å². The van der Waals surface area contributed by atoms with E-state index in [4.69, 9.17) is 5.73 Å². The molecule has 0 spiro atoms. The van der Waals surface area contributed by atoms with Crippen LogP contribution in [0.3, 0.4) is 0 Å². The first-order chi connectivity index (χ1) is 9.97. The molecule has 1 fully saturated rings. The third-order valence-corrected chi connectivity index (χ3v) is 4.95. The number of nitrogens with zero attached hydrogens (tertiary/aromatic N) is 1. The highest BCUT2D eigenvalue weighted by Crippen LogP contribution is 2.23. The molecule has 1 saturated carbocycles. The lowest BCUT2D eigenvalue weighted by Gasteiger charge is -2.27. The van der Waals surface area contributed by atoms with Gasteiger partial charge in [0.05, 0.1) is 5.54 Å². The SMILES string of the molecule is CC(C)(NCc1cnc(N)s1)C(=O)NCC1CCCCC1. The van der Waals surface area contributed by atoms with Crippen molar-refractivity contribution < 1.29 is 4.79 Å². The number of nitrogens with one attached hydrogen (secondary N) is 2. The van der Waals surface area contributed by atoms with E-state index in [1.54, 1.807) is 6.20 Å². The lowest BCUT2D eigenvalue weighted by Crippen LogP contribution is -2.53. The molecule has 21 heavy (non-hydrogen) atoms. The minimum atomic E-state index is -0.590. The molecule has 4 N–H and O–H groups in total. The number of thiazole rings is 1. The zero-order valence-electron chi connectivity index (χ0n) is 12.9. The molecule has 1 aliphatic carbocycles. The number of rotatable bonds is 6. The average Bonchev–Trinajstić information content (AvgIpc) is 2.89. The fourth-order valence-corrected chi connectivity index (χ4v) is 3.27. The molecule has 1 heterocycles. The number of carbonyl (C=O) groups excluding carboxylic acids is 1. The van der Waals surface area contributed by atoms with Gasteiger partial charge in [0.1, 0.15) is 0 Å². The van der Waals surface area contributed by atoms with Gasteiger partial charge in [-0.2, -0.15) is 0 Å². The van der Waals surface area contributed by atoms with Gasteiger partial charge in [-0.25, -0.2) is 4.98 Å². The van der Waals surface area contributed by atoms with Gasteiger partial charge in [-0.1, -0.05) is 19.3 Å². The molecule has 1 aliphatic rings. The van der Waals surface area contributed by atoms with E-state index >= 15 is 0 Å². The molecule has 0 aliphatic heterocycles. The molecule has 0 atom stereocenters. The summed E-state index contributed by atoms with van der Waals surface area (Å²) in [5, 5.41) is 6.94. The van der Waals surface area contributed by atoms with Gasteiger partial charge in [0.2, 0.25) is 5.91 Å². The number of nitrogen functional groups attached to an aromatic ring is 1. The number of amides is 1. The number of hydrogen-bond acceptors (Lipinski definition) is 5. The van der Waals surface area contributed by atoms with Gasteiger partial charge in [-0.05, 0) is 32.6 Å². The molecule has 0 bridgehead atoms. The summed E-state index contributed by atoms with van der Waals surface area (Å²) in [6.45, 7) is 5.23. The van der Waals surface area contributed by atoms with Crippen LogP contribution in [-0.4, -0.2) is 23.0 Å². The Labute approximate surface area is 130 Å². The highest BCUT2D eigenvalue weighted by Gasteiger charge is 2.27. The third-order valence-electron chi connectivity index (χ3n) is 4.12. The maximum Gasteiger partial charge on any atom is 0.239 e. The number of carbonyl (C=O) groups is 1. The van der Waals surface area contributed by atoms with Crippen LogP contribution >= 0.6 is 11.3 Å². The van der Waals surface area contributed by atoms with Gasteiger partial charge in [-0.15, -0.1) is 11.3 Å². The van der Waals surface area contributed by atoms with Gasteiger partial charge >= 0.3 is 0 Å². The smallest absolute Gasteiger partial charge is 0.239 e. The van der Waals surface area contributed by atoms with Gasteiger partial charge in [0.25, 0.3) is 0 Å². The van der Waals surface area contributed by atoms with Crippen molar-refractivity contribution in [3.05, 3.63) is 11.1 Å². The number of anilines is 1.